The number of aryl methyl sites for hydroxylation is 1. The summed E-state index contributed by atoms with van der Waals surface area (Å²) in [5.74, 6) is 0.254. The van der Waals surface area contributed by atoms with Crippen LogP contribution in [0.4, 0.5) is 5.69 Å². The van der Waals surface area contributed by atoms with E-state index in [1.54, 1.807) is 0 Å². The van der Waals surface area contributed by atoms with E-state index in [9.17, 15) is 4.79 Å². The van der Waals surface area contributed by atoms with Crippen molar-refractivity contribution in [1.29, 1.82) is 0 Å². The quantitative estimate of drug-likeness (QED) is 0.798. The van der Waals surface area contributed by atoms with Crippen LogP contribution in [0, 0.1) is 6.92 Å². The van der Waals surface area contributed by atoms with E-state index in [1.165, 1.54) is 16.7 Å². The third-order valence-corrected chi connectivity index (χ3v) is 6.16. The summed E-state index contributed by atoms with van der Waals surface area (Å²) in [5.41, 5.74) is 5.11. The van der Waals surface area contributed by atoms with Gasteiger partial charge in [-0.1, -0.05) is 55.0 Å². The molecule has 28 heavy (non-hydrogen) atoms. The monoisotopic (exact) mass is 377 g/mol. The van der Waals surface area contributed by atoms with Crippen LogP contribution in [-0.2, 0) is 17.8 Å². The predicted octanol–water partition coefficient (Wildman–Crippen LogP) is 3.48. The Hall–Kier alpha value is -2.17. The number of anilines is 1. The van der Waals surface area contributed by atoms with Crippen molar-refractivity contribution < 1.29 is 4.79 Å². The van der Waals surface area contributed by atoms with Gasteiger partial charge >= 0.3 is 0 Å². The second kappa shape index (κ2) is 8.46. The number of hydrogen-bond donors (Lipinski definition) is 0. The highest BCUT2D eigenvalue weighted by atomic mass is 16.2. The molecule has 0 aromatic heterocycles. The minimum absolute atomic E-state index is 0.254. The molecule has 2 aliphatic heterocycles. The number of para-hydroxylation sites is 1. The summed E-state index contributed by atoms with van der Waals surface area (Å²) < 4.78 is 0. The molecule has 2 aromatic carbocycles. The summed E-state index contributed by atoms with van der Waals surface area (Å²) >= 11 is 0. The molecule has 1 saturated heterocycles. The molecule has 0 bridgehead atoms. The summed E-state index contributed by atoms with van der Waals surface area (Å²) in [6.07, 6.45) is 1.99. The van der Waals surface area contributed by atoms with Gasteiger partial charge in [-0.3, -0.25) is 14.6 Å². The highest BCUT2D eigenvalue weighted by Crippen LogP contribution is 2.33. The smallest absolute Gasteiger partial charge is 0.241 e. The fraction of sp³-hybridized carbons (Fsp3) is 0.458. The lowest BCUT2D eigenvalue weighted by molar-refractivity contribution is -0.120. The van der Waals surface area contributed by atoms with Crippen LogP contribution >= 0.6 is 0 Å². The minimum atomic E-state index is 0.254. The van der Waals surface area contributed by atoms with Crippen molar-refractivity contribution in [3.8, 4) is 0 Å². The lowest BCUT2D eigenvalue weighted by Crippen LogP contribution is -2.50. The molecule has 0 radical (unpaired) electrons. The molecule has 1 amide bonds. The van der Waals surface area contributed by atoms with Crippen molar-refractivity contribution in [1.82, 2.24) is 9.80 Å². The van der Waals surface area contributed by atoms with Crippen molar-refractivity contribution in [3.05, 3.63) is 65.2 Å². The maximum atomic E-state index is 13.1. The van der Waals surface area contributed by atoms with Crippen LogP contribution in [-0.4, -0.2) is 54.5 Å². The molecule has 0 N–H and O–H groups in total. The fourth-order valence-corrected chi connectivity index (χ4v) is 4.45. The number of fused-ring (bicyclic) bond motifs is 1. The third kappa shape index (κ3) is 4.13. The molecule has 4 heteroatoms. The Kier molecular flexibility index (Phi) is 5.79. The van der Waals surface area contributed by atoms with Gasteiger partial charge < -0.3 is 4.90 Å². The minimum Gasteiger partial charge on any atom is -0.308 e. The van der Waals surface area contributed by atoms with E-state index in [2.05, 4.69) is 71.0 Å². The molecule has 0 aliphatic carbocycles. The van der Waals surface area contributed by atoms with Gasteiger partial charge in [0, 0.05) is 44.5 Å². The largest absolute Gasteiger partial charge is 0.308 e. The first kappa shape index (κ1) is 19.2. The van der Waals surface area contributed by atoms with Crippen molar-refractivity contribution in [2.75, 3.05) is 37.6 Å². The first-order valence-electron chi connectivity index (χ1n) is 10.5. The third-order valence-electron chi connectivity index (χ3n) is 6.16. The number of hydrogen-bond acceptors (Lipinski definition) is 3. The van der Waals surface area contributed by atoms with Crippen LogP contribution in [0.25, 0.3) is 0 Å². The zero-order valence-electron chi connectivity index (χ0n) is 17.1. The number of carbonyl (C=O) groups excluding carboxylic acids is 1. The molecule has 0 unspecified atom stereocenters. The van der Waals surface area contributed by atoms with Crippen molar-refractivity contribution in [2.45, 2.75) is 39.3 Å². The van der Waals surface area contributed by atoms with E-state index in [1.807, 2.05) is 6.07 Å². The topological polar surface area (TPSA) is 26.8 Å². The predicted molar refractivity (Wildman–Crippen MR) is 115 cm³/mol. The van der Waals surface area contributed by atoms with Crippen molar-refractivity contribution in [3.63, 3.8) is 0 Å². The fourth-order valence-electron chi connectivity index (χ4n) is 4.45. The van der Waals surface area contributed by atoms with Crippen LogP contribution in [0.15, 0.2) is 48.5 Å². The molecule has 2 aromatic rings. The summed E-state index contributed by atoms with van der Waals surface area (Å²) in [6, 6.07) is 17.5. The Balaban J connectivity index is 1.32. The van der Waals surface area contributed by atoms with Crippen LogP contribution in [0.2, 0.25) is 0 Å². The van der Waals surface area contributed by atoms with E-state index < -0.39 is 0 Å². The van der Waals surface area contributed by atoms with Crippen LogP contribution in [0.1, 0.15) is 30.0 Å². The Morgan fingerprint density at radius 1 is 0.964 bits per heavy atom. The van der Waals surface area contributed by atoms with E-state index in [4.69, 9.17) is 0 Å². The number of carbonyl (C=O) groups is 1. The van der Waals surface area contributed by atoms with Gasteiger partial charge in [-0.05, 0) is 37.0 Å². The SMILES string of the molecule is CC[C@@H]1Cc2ccccc2N1C(=O)CN1CCN(Cc2ccc(C)cc2)CC1. The maximum Gasteiger partial charge on any atom is 0.241 e. The molecular formula is C24H31N3O. The van der Waals surface area contributed by atoms with Crippen LogP contribution in [0.3, 0.4) is 0 Å². The molecule has 1 atom stereocenters. The van der Waals surface area contributed by atoms with Crippen LogP contribution < -0.4 is 4.90 Å². The molecule has 4 rings (SSSR count). The normalized spacial score (nSPS) is 20.4. The summed E-state index contributed by atoms with van der Waals surface area (Å²) in [5, 5.41) is 0. The van der Waals surface area contributed by atoms with Gasteiger partial charge in [-0.15, -0.1) is 0 Å². The zero-order chi connectivity index (χ0) is 19.5. The number of benzene rings is 2. The van der Waals surface area contributed by atoms with Gasteiger partial charge in [-0.2, -0.15) is 0 Å². The average Bonchev–Trinajstić information content (AvgIpc) is 3.10. The van der Waals surface area contributed by atoms with E-state index >= 15 is 0 Å². The highest BCUT2D eigenvalue weighted by Gasteiger charge is 2.33. The maximum absolute atomic E-state index is 13.1. The van der Waals surface area contributed by atoms with Crippen molar-refractivity contribution >= 4 is 11.6 Å². The van der Waals surface area contributed by atoms with Gasteiger partial charge in [0.15, 0.2) is 0 Å². The Labute approximate surface area is 168 Å². The van der Waals surface area contributed by atoms with Crippen LogP contribution in [0.5, 0.6) is 0 Å². The summed E-state index contributed by atoms with van der Waals surface area (Å²) in [4.78, 5) is 20.0. The summed E-state index contributed by atoms with van der Waals surface area (Å²) in [6.45, 7) is 9.81. The second-order valence-electron chi connectivity index (χ2n) is 8.20. The molecule has 0 saturated carbocycles. The van der Waals surface area contributed by atoms with E-state index in [0.29, 0.717) is 12.6 Å². The van der Waals surface area contributed by atoms with E-state index in [-0.39, 0.29) is 5.91 Å². The Bertz CT molecular complexity index is 809. The molecule has 4 nitrogen and oxygen atoms in total. The van der Waals surface area contributed by atoms with Gasteiger partial charge in [0.25, 0.3) is 0 Å². The van der Waals surface area contributed by atoms with Gasteiger partial charge in [0.05, 0.1) is 6.54 Å². The average molecular weight is 378 g/mol. The lowest BCUT2D eigenvalue weighted by atomic mass is 10.1. The highest BCUT2D eigenvalue weighted by molar-refractivity contribution is 5.97. The first-order chi connectivity index (χ1) is 13.6. The van der Waals surface area contributed by atoms with Gasteiger partial charge in [0.1, 0.15) is 0 Å². The molecule has 2 heterocycles. The van der Waals surface area contributed by atoms with Gasteiger partial charge in [0.2, 0.25) is 5.91 Å². The number of piperazine rings is 1. The van der Waals surface area contributed by atoms with Crippen molar-refractivity contribution in [2.24, 2.45) is 0 Å². The molecule has 1 fully saturated rings. The number of amides is 1. The lowest BCUT2D eigenvalue weighted by Gasteiger charge is -2.35. The Morgan fingerprint density at radius 3 is 2.36 bits per heavy atom. The number of rotatable bonds is 5. The molecule has 0 spiro atoms. The second-order valence-corrected chi connectivity index (χ2v) is 8.20. The molecule has 2 aliphatic rings. The standard InChI is InChI=1S/C24H31N3O/c1-3-22-16-21-6-4-5-7-23(21)27(22)24(28)18-26-14-12-25(13-15-26)17-20-10-8-19(2)9-11-20/h4-11,22H,3,12-18H2,1-2H3/t22-/m1/s1. The van der Waals surface area contributed by atoms with Gasteiger partial charge in [-0.25, -0.2) is 0 Å². The first-order valence-corrected chi connectivity index (χ1v) is 10.5. The molecular weight excluding hydrogens is 346 g/mol. The number of nitrogens with zero attached hydrogens (tertiary/aromatic N) is 3. The Morgan fingerprint density at radius 2 is 1.64 bits per heavy atom. The molecule has 148 valence electrons. The van der Waals surface area contributed by atoms with E-state index in [0.717, 1.165) is 51.3 Å². The summed E-state index contributed by atoms with van der Waals surface area (Å²) in [7, 11) is 0. The zero-order valence-corrected chi connectivity index (χ0v) is 17.1.